The molecule has 0 atom stereocenters. The average molecular weight is 302 g/mol. The van der Waals surface area contributed by atoms with Crippen molar-refractivity contribution in [1.29, 1.82) is 0 Å². The maximum Gasteiger partial charge on any atom is 0.258 e. The molecular formula is C18H14N4O. The van der Waals surface area contributed by atoms with Crippen LogP contribution < -0.4 is 5.32 Å². The molecule has 23 heavy (non-hydrogen) atoms. The summed E-state index contributed by atoms with van der Waals surface area (Å²) in [5.41, 5.74) is 3.21. The molecule has 4 aromatic rings. The predicted octanol–water partition coefficient (Wildman–Crippen LogP) is 3.37. The van der Waals surface area contributed by atoms with E-state index in [1.807, 2.05) is 60.1 Å². The SMILES string of the molecule is Cn1c(NC(=O)c2cccc3ncccc23)nc2ccccc21. The molecule has 0 aliphatic carbocycles. The highest BCUT2D eigenvalue weighted by Crippen LogP contribution is 2.20. The summed E-state index contributed by atoms with van der Waals surface area (Å²) in [5, 5.41) is 3.72. The molecule has 5 nitrogen and oxygen atoms in total. The molecule has 2 aromatic heterocycles. The van der Waals surface area contributed by atoms with Gasteiger partial charge >= 0.3 is 0 Å². The molecule has 0 bridgehead atoms. The van der Waals surface area contributed by atoms with Crippen LogP contribution in [0.4, 0.5) is 5.95 Å². The molecule has 0 aliphatic heterocycles. The van der Waals surface area contributed by atoms with Gasteiger partial charge in [0.2, 0.25) is 5.95 Å². The monoisotopic (exact) mass is 302 g/mol. The van der Waals surface area contributed by atoms with Gasteiger partial charge in [-0.1, -0.05) is 24.3 Å². The molecule has 112 valence electrons. The minimum absolute atomic E-state index is 0.193. The maximum absolute atomic E-state index is 12.7. The van der Waals surface area contributed by atoms with Crippen LogP contribution in [0.2, 0.25) is 0 Å². The molecule has 0 spiro atoms. The number of nitrogens with zero attached hydrogens (tertiary/aromatic N) is 3. The van der Waals surface area contributed by atoms with E-state index in [2.05, 4.69) is 15.3 Å². The molecule has 0 fully saturated rings. The first kappa shape index (κ1) is 13.5. The van der Waals surface area contributed by atoms with Crippen molar-refractivity contribution in [1.82, 2.24) is 14.5 Å². The van der Waals surface area contributed by atoms with E-state index in [9.17, 15) is 4.79 Å². The molecule has 0 aliphatic rings. The minimum atomic E-state index is -0.193. The van der Waals surface area contributed by atoms with Crippen LogP contribution in [0.3, 0.4) is 0 Å². The summed E-state index contributed by atoms with van der Waals surface area (Å²) in [5.74, 6) is 0.332. The zero-order chi connectivity index (χ0) is 15.8. The number of rotatable bonds is 2. The fourth-order valence-corrected chi connectivity index (χ4v) is 2.73. The van der Waals surface area contributed by atoms with E-state index in [1.165, 1.54) is 0 Å². The van der Waals surface area contributed by atoms with Crippen molar-refractivity contribution in [3.8, 4) is 0 Å². The molecule has 2 aromatic carbocycles. The van der Waals surface area contributed by atoms with E-state index < -0.39 is 0 Å². The van der Waals surface area contributed by atoms with Crippen LogP contribution in [0.5, 0.6) is 0 Å². The number of fused-ring (bicyclic) bond motifs is 2. The van der Waals surface area contributed by atoms with E-state index in [0.29, 0.717) is 11.5 Å². The van der Waals surface area contributed by atoms with E-state index in [4.69, 9.17) is 0 Å². The van der Waals surface area contributed by atoms with Crippen LogP contribution in [-0.4, -0.2) is 20.4 Å². The summed E-state index contributed by atoms with van der Waals surface area (Å²) >= 11 is 0. The molecule has 0 saturated carbocycles. The molecule has 2 heterocycles. The normalized spacial score (nSPS) is 11.0. The quantitative estimate of drug-likeness (QED) is 0.617. The van der Waals surface area contributed by atoms with Crippen LogP contribution in [-0.2, 0) is 7.05 Å². The molecule has 5 heteroatoms. The van der Waals surface area contributed by atoms with Crippen molar-refractivity contribution in [2.75, 3.05) is 5.32 Å². The van der Waals surface area contributed by atoms with Gasteiger partial charge in [0.15, 0.2) is 0 Å². The highest BCUT2D eigenvalue weighted by Gasteiger charge is 2.14. The van der Waals surface area contributed by atoms with Crippen LogP contribution in [0, 0.1) is 0 Å². The first-order chi connectivity index (χ1) is 11.2. The van der Waals surface area contributed by atoms with Crippen molar-refractivity contribution in [3.63, 3.8) is 0 Å². The number of aromatic nitrogens is 3. The number of imidazole rings is 1. The minimum Gasteiger partial charge on any atom is -0.313 e. The van der Waals surface area contributed by atoms with Gasteiger partial charge in [-0.2, -0.15) is 0 Å². The number of carbonyl (C=O) groups is 1. The van der Waals surface area contributed by atoms with E-state index in [0.717, 1.165) is 21.9 Å². The van der Waals surface area contributed by atoms with E-state index >= 15 is 0 Å². The van der Waals surface area contributed by atoms with E-state index in [-0.39, 0.29) is 5.91 Å². The molecule has 0 unspecified atom stereocenters. The van der Waals surface area contributed by atoms with Gasteiger partial charge in [0.1, 0.15) is 0 Å². The Morgan fingerprint density at radius 2 is 1.83 bits per heavy atom. The first-order valence-electron chi connectivity index (χ1n) is 7.30. The number of hydrogen-bond donors (Lipinski definition) is 1. The zero-order valence-electron chi connectivity index (χ0n) is 12.5. The number of hydrogen-bond acceptors (Lipinski definition) is 3. The average Bonchev–Trinajstić information content (AvgIpc) is 2.90. The van der Waals surface area contributed by atoms with Crippen molar-refractivity contribution < 1.29 is 4.79 Å². The second kappa shape index (κ2) is 5.21. The van der Waals surface area contributed by atoms with Crippen LogP contribution in [0.1, 0.15) is 10.4 Å². The van der Waals surface area contributed by atoms with Gasteiger partial charge in [0.05, 0.1) is 16.6 Å². The topological polar surface area (TPSA) is 59.8 Å². The Labute approximate surface area is 132 Å². The molecule has 1 amide bonds. The third kappa shape index (κ3) is 2.23. The highest BCUT2D eigenvalue weighted by molar-refractivity contribution is 6.12. The van der Waals surface area contributed by atoms with Crippen LogP contribution >= 0.6 is 0 Å². The lowest BCUT2D eigenvalue weighted by molar-refractivity contribution is 0.102. The third-order valence-electron chi connectivity index (χ3n) is 3.90. The second-order valence-electron chi connectivity index (χ2n) is 5.31. The predicted molar refractivity (Wildman–Crippen MR) is 90.4 cm³/mol. The number of para-hydroxylation sites is 2. The van der Waals surface area contributed by atoms with Gasteiger partial charge in [0, 0.05) is 24.2 Å². The summed E-state index contributed by atoms with van der Waals surface area (Å²) in [6.45, 7) is 0. The summed E-state index contributed by atoms with van der Waals surface area (Å²) in [4.78, 5) is 21.4. The number of amides is 1. The van der Waals surface area contributed by atoms with Gasteiger partial charge in [-0.15, -0.1) is 0 Å². The Bertz CT molecular complexity index is 1030. The largest absolute Gasteiger partial charge is 0.313 e. The van der Waals surface area contributed by atoms with Gasteiger partial charge in [0.25, 0.3) is 5.91 Å². The third-order valence-corrected chi connectivity index (χ3v) is 3.90. The molecular weight excluding hydrogens is 288 g/mol. The highest BCUT2D eigenvalue weighted by atomic mass is 16.1. The number of aryl methyl sites for hydroxylation is 1. The molecule has 0 radical (unpaired) electrons. The lowest BCUT2D eigenvalue weighted by atomic mass is 10.1. The fraction of sp³-hybridized carbons (Fsp3) is 0.0556. The van der Waals surface area contributed by atoms with Crippen molar-refractivity contribution in [3.05, 3.63) is 66.4 Å². The van der Waals surface area contributed by atoms with Crippen molar-refractivity contribution in [2.45, 2.75) is 0 Å². The molecule has 0 saturated heterocycles. The number of carbonyl (C=O) groups excluding carboxylic acids is 1. The lowest BCUT2D eigenvalue weighted by Crippen LogP contribution is -2.15. The summed E-state index contributed by atoms with van der Waals surface area (Å²) < 4.78 is 1.87. The summed E-state index contributed by atoms with van der Waals surface area (Å²) in [7, 11) is 1.88. The zero-order valence-corrected chi connectivity index (χ0v) is 12.5. The Morgan fingerprint density at radius 3 is 2.70 bits per heavy atom. The van der Waals surface area contributed by atoms with Crippen molar-refractivity contribution >= 4 is 33.8 Å². The standard InChI is InChI=1S/C18H14N4O/c1-22-16-10-3-2-8-15(16)20-18(22)21-17(23)13-6-4-9-14-12(13)7-5-11-19-14/h2-11H,1H3,(H,20,21,23). The molecule has 4 rings (SSSR count). The Morgan fingerprint density at radius 1 is 1.00 bits per heavy atom. The summed E-state index contributed by atoms with van der Waals surface area (Å²) in [6, 6.07) is 17.0. The van der Waals surface area contributed by atoms with Gasteiger partial charge < -0.3 is 4.57 Å². The Hall–Kier alpha value is -3.21. The maximum atomic E-state index is 12.7. The number of pyridine rings is 1. The van der Waals surface area contributed by atoms with Crippen LogP contribution in [0.15, 0.2) is 60.8 Å². The number of benzene rings is 2. The fourth-order valence-electron chi connectivity index (χ4n) is 2.73. The van der Waals surface area contributed by atoms with Gasteiger partial charge in [-0.05, 0) is 30.3 Å². The van der Waals surface area contributed by atoms with E-state index in [1.54, 1.807) is 12.3 Å². The van der Waals surface area contributed by atoms with Gasteiger partial charge in [-0.25, -0.2) is 4.98 Å². The van der Waals surface area contributed by atoms with Gasteiger partial charge in [-0.3, -0.25) is 15.1 Å². The number of anilines is 1. The van der Waals surface area contributed by atoms with Crippen LogP contribution in [0.25, 0.3) is 21.9 Å². The first-order valence-corrected chi connectivity index (χ1v) is 7.30. The lowest BCUT2D eigenvalue weighted by Gasteiger charge is -2.07. The van der Waals surface area contributed by atoms with Crippen molar-refractivity contribution in [2.24, 2.45) is 7.05 Å². The Balaban J connectivity index is 1.75. The Kier molecular flexibility index (Phi) is 3.05. The summed E-state index contributed by atoms with van der Waals surface area (Å²) in [6.07, 6.45) is 1.72. The smallest absolute Gasteiger partial charge is 0.258 e. The second-order valence-corrected chi connectivity index (χ2v) is 5.31. The molecule has 1 N–H and O–H groups in total. The number of nitrogens with one attached hydrogen (secondary N) is 1.